The molecule has 1 aromatic rings. The maximum atomic E-state index is 12.1. The van der Waals surface area contributed by atoms with Gasteiger partial charge in [0.15, 0.2) is 0 Å². The Morgan fingerprint density at radius 2 is 2.05 bits per heavy atom. The smallest absolute Gasteiger partial charge is 0.270 e. The van der Waals surface area contributed by atoms with Gasteiger partial charge < -0.3 is 16.8 Å². The summed E-state index contributed by atoms with van der Waals surface area (Å²) in [6, 6.07) is 2.94. The van der Waals surface area contributed by atoms with E-state index >= 15 is 0 Å². The van der Waals surface area contributed by atoms with Crippen molar-refractivity contribution in [3.8, 4) is 0 Å². The van der Waals surface area contributed by atoms with Crippen molar-refractivity contribution in [2.45, 2.75) is 26.3 Å². The number of hydrogen-bond donors (Lipinski definition) is 3. The predicted octanol–water partition coefficient (Wildman–Crippen LogP) is 0.284. The van der Waals surface area contributed by atoms with E-state index in [1.165, 1.54) is 18.3 Å². The average Bonchev–Trinajstić information content (AvgIpc) is 2.38. The Balaban J connectivity index is 2.86. The van der Waals surface area contributed by atoms with Gasteiger partial charge in [-0.3, -0.25) is 14.6 Å². The molecular formula is C13H20N4O2. The molecule has 1 rings (SSSR count). The number of nitrogens with one attached hydrogen (secondary N) is 1. The van der Waals surface area contributed by atoms with Gasteiger partial charge in [-0.15, -0.1) is 0 Å². The lowest BCUT2D eigenvalue weighted by molar-refractivity contribution is 0.0876. The van der Waals surface area contributed by atoms with Crippen molar-refractivity contribution < 1.29 is 9.59 Å². The van der Waals surface area contributed by atoms with E-state index in [9.17, 15) is 9.59 Å². The highest BCUT2D eigenvalue weighted by Gasteiger charge is 2.29. The fourth-order valence-corrected chi connectivity index (χ4v) is 1.43. The molecule has 104 valence electrons. The zero-order valence-electron chi connectivity index (χ0n) is 11.4. The molecule has 0 aliphatic rings. The first kappa shape index (κ1) is 15.1. The molecule has 0 fully saturated rings. The highest BCUT2D eigenvalue weighted by Crippen LogP contribution is 2.15. The standard InChI is InChI=1S/C13H20N4O2/c1-8(2)13(3,7-14)17-12(19)10-5-4-9(6-16-10)11(15)18/h4-6,8H,7,14H2,1-3H3,(H2,15,18)(H,17,19). The van der Waals surface area contributed by atoms with Crippen LogP contribution in [0.1, 0.15) is 41.6 Å². The molecule has 0 spiro atoms. The quantitative estimate of drug-likeness (QED) is 0.709. The van der Waals surface area contributed by atoms with Crippen LogP contribution < -0.4 is 16.8 Å². The molecule has 0 bridgehead atoms. The summed E-state index contributed by atoms with van der Waals surface area (Å²) >= 11 is 0. The van der Waals surface area contributed by atoms with E-state index in [1.807, 2.05) is 20.8 Å². The summed E-state index contributed by atoms with van der Waals surface area (Å²) in [5.74, 6) is -0.711. The topological polar surface area (TPSA) is 111 Å². The summed E-state index contributed by atoms with van der Waals surface area (Å²) < 4.78 is 0. The number of amides is 2. The van der Waals surface area contributed by atoms with Crippen LogP contribution in [0.4, 0.5) is 0 Å². The average molecular weight is 264 g/mol. The third kappa shape index (κ3) is 3.51. The summed E-state index contributed by atoms with van der Waals surface area (Å²) in [5.41, 5.74) is 10.8. The summed E-state index contributed by atoms with van der Waals surface area (Å²) in [6.07, 6.45) is 1.28. The molecule has 2 amide bonds. The number of rotatable bonds is 5. The van der Waals surface area contributed by atoms with Crippen LogP contribution in [-0.4, -0.2) is 28.9 Å². The molecule has 1 unspecified atom stereocenters. The number of primary amides is 1. The fraction of sp³-hybridized carbons (Fsp3) is 0.462. The van der Waals surface area contributed by atoms with Crippen molar-refractivity contribution in [2.75, 3.05) is 6.54 Å². The summed E-state index contributed by atoms with van der Waals surface area (Å²) in [7, 11) is 0. The SMILES string of the molecule is CC(C)C(C)(CN)NC(=O)c1ccc(C(N)=O)cn1. The van der Waals surface area contributed by atoms with Crippen molar-refractivity contribution in [2.24, 2.45) is 17.4 Å². The van der Waals surface area contributed by atoms with E-state index < -0.39 is 11.4 Å². The van der Waals surface area contributed by atoms with Gasteiger partial charge in [0.25, 0.3) is 5.91 Å². The molecule has 6 nitrogen and oxygen atoms in total. The summed E-state index contributed by atoms with van der Waals surface area (Å²) in [6.45, 7) is 6.18. The normalized spacial score (nSPS) is 13.9. The third-order valence-electron chi connectivity index (χ3n) is 3.38. The maximum Gasteiger partial charge on any atom is 0.270 e. The van der Waals surface area contributed by atoms with Gasteiger partial charge in [-0.1, -0.05) is 13.8 Å². The molecule has 6 heteroatoms. The molecular weight excluding hydrogens is 244 g/mol. The Kier molecular flexibility index (Phi) is 4.61. The Morgan fingerprint density at radius 3 is 2.42 bits per heavy atom. The Morgan fingerprint density at radius 1 is 1.42 bits per heavy atom. The van der Waals surface area contributed by atoms with Crippen LogP contribution in [-0.2, 0) is 0 Å². The monoisotopic (exact) mass is 264 g/mol. The number of carbonyl (C=O) groups is 2. The van der Waals surface area contributed by atoms with Gasteiger partial charge >= 0.3 is 0 Å². The number of nitrogens with two attached hydrogens (primary N) is 2. The van der Waals surface area contributed by atoms with Crippen LogP contribution in [0.5, 0.6) is 0 Å². The molecule has 1 heterocycles. The van der Waals surface area contributed by atoms with Gasteiger partial charge in [-0.05, 0) is 25.0 Å². The van der Waals surface area contributed by atoms with Crippen LogP contribution in [0.2, 0.25) is 0 Å². The van der Waals surface area contributed by atoms with E-state index in [4.69, 9.17) is 11.5 Å². The van der Waals surface area contributed by atoms with Gasteiger partial charge in [0.2, 0.25) is 5.91 Å². The fourth-order valence-electron chi connectivity index (χ4n) is 1.43. The van der Waals surface area contributed by atoms with Crippen LogP contribution in [0.15, 0.2) is 18.3 Å². The van der Waals surface area contributed by atoms with E-state index in [0.29, 0.717) is 6.54 Å². The Labute approximate surface area is 112 Å². The van der Waals surface area contributed by atoms with Crippen LogP contribution in [0, 0.1) is 5.92 Å². The number of aromatic nitrogens is 1. The minimum Gasteiger partial charge on any atom is -0.366 e. The molecule has 19 heavy (non-hydrogen) atoms. The number of pyridine rings is 1. The Hall–Kier alpha value is -1.95. The van der Waals surface area contributed by atoms with Crippen molar-refractivity contribution in [3.05, 3.63) is 29.6 Å². The number of carbonyl (C=O) groups excluding carboxylic acids is 2. The molecule has 0 aliphatic heterocycles. The maximum absolute atomic E-state index is 12.1. The van der Waals surface area contributed by atoms with E-state index in [0.717, 1.165) is 0 Å². The molecule has 1 aromatic heterocycles. The van der Waals surface area contributed by atoms with Gasteiger partial charge in [-0.25, -0.2) is 0 Å². The molecule has 1 atom stereocenters. The van der Waals surface area contributed by atoms with E-state index in [2.05, 4.69) is 10.3 Å². The molecule has 0 aliphatic carbocycles. The first-order valence-electron chi connectivity index (χ1n) is 6.08. The van der Waals surface area contributed by atoms with Crippen molar-refractivity contribution in [1.29, 1.82) is 0 Å². The highest BCUT2D eigenvalue weighted by atomic mass is 16.2. The molecule has 0 aromatic carbocycles. The highest BCUT2D eigenvalue weighted by molar-refractivity contribution is 5.95. The lowest BCUT2D eigenvalue weighted by Gasteiger charge is -2.33. The second-order valence-electron chi connectivity index (χ2n) is 5.03. The number of hydrogen-bond acceptors (Lipinski definition) is 4. The van der Waals surface area contributed by atoms with Crippen LogP contribution in [0.3, 0.4) is 0 Å². The second kappa shape index (κ2) is 5.79. The third-order valence-corrected chi connectivity index (χ3v) is 3.38. The first-order valence-corrected chi connectivity index (χ1v) is 6.08. The second-order valence-corrected chi connectivity index (χ2v) is 5.03. The lowest BCUT2D eigenvalue weighted by Crippen LogP contribution is -2.55. The molecule has 0 radical (unpaired) electrons. The largest absolute Gasteiger partial charge is 0.366 e. The van der Waals surface area contributed by atoms with E-state index in [1.54, 1.807) is 0 Å². The van der Waals surface area contributed by atoms with Crippen molar-refractivity contribution >= 4 is 11.8 Å². The van der Waals surface area contributed by atoms with E-state index in [-0.39, 0.29) is 23.1 Å². The van der Waals surface area contributed by atoms with Crippen LogP contribution in [0.25, 0.3) is 0 Å². The first-order chi connectivity index (χ1) is 8.80. The summed E-state index contributed by atoms with van der Waals surface area (Å²) in [5, 5.41) is 2.86. The number of nitrogens with zero attached hydrogens (tertiary/aromatic N) is 1. The molecule has 5 N–H and O–H groups in total. The van der Waals surface area contributed by atoms with Gasteiger partial charge in [0.05, 0.1) is 11.1 Å². The van der Waals surface area contributed by atoms with Gasteiger partial charge in [-0.2, -0.15) is 0 Å². The minimum absolute atomic E-state index is 0.186. The van der Waals surface area contributed by atoms with Crippen molar-refractivity contribution in [1.82, 2.24) is 10.3 Å². The molecule has 0 saturated carbocycles. The zero-order valence-corrected chi connectivity index (χ0v) is 11.4. The minimum atomic E-state index is -0.576. The molecule has 0 saturated heterocycles. The summed E-state index contributed by atoms with van der Waals surface area (Å²) in [4.78, 5) is 26.9. The zero-order chi connectivity index (χ0) is 14.6. The lowest BCUT2D eigenvalue weighted by atomic mass is 9.88. The predicted molar refractivity (Wildman–Crippen MR) is 72.5 cm³/mol. The van der Waals surface area contributed by atoms with Gasteiger partial charge in [0.1, 0.15) is 5.69 Å². The van der Waals surface area contributed by atoms with Gasteiger partial charge in [0, 0.05) is 12.7 Å². The van der Waals surface area contributed by atoms with Crippen LogP contribution >= 0.6 is 0 Å². The Bertz CT molecular complexity index is 470. The van der Waals surface area contributed by atoms with Crippen molar-refractivity contribution in [3.63, 3.8) is 0 Å².